The number of piperidine rings is 1. The summed E-state index contributed by atoms with van der Waals surface area (Å²) < 4.78 is 6.51. The lowest BCUT2D eigenvalue weighted by Gasteiger charge is -2.32. The highest BCUT2D eigenvalue weighted by Crippen LogP contribution is 2.28. The number of thiazole rings is 1. The number of carbonyl (C=O) groups is 2. The number of hydrogen-bond donors (Lipinski definition) is 1. The summed E-state index contributed by atoms with van der Waals surface area (Å²) in [6.07, 6.45) is 2.23. The fourth-order valence-corrected chi connectivity index (χ4v) is 5.23. The molecular formula is C27H33N3O3S. The fraction of sp³-hybridized carbons (Fsp3) is 0.444. The molecule has 1 saturated heterocycles. The van der Waals surface area contributed by atoms with Gasteiger partial charge in [-0.1, -0.05) is 36.4 Å². The van der Waals surface area contributed by atoms with Crippen molar-refractivity contribution in [2.24, 2.45) is 5.92 Å². The lowest BCUT2D eigenvalue weighted by molar-refractivity contribution is -0.156. The minimum Gasteiger partial charge on any atom is -0.459 e. The third-order valence-corrected chi connectivity index (χ3v) is 6.94. The van der Waals surface area contributed by atoms with Gasteiger partial charge in [0.1, 0.15) is 10.6 Å². The van der Waals surface area contributed by atoms with Gasteiger partial charge in [-0.25, -0.2) is 4.98 Å². The van der Waals surface area contributed by atoms with E-state index in [0.29, 0.717) is 25.4 Å². The maximum Gasteiger partial charge on any atom is 0.320 e. The van der Waals surface area contributed by atoms with E-state index >= 15 is 0 Å². The molecular weight excluding hydrogens is 446 g/mol. The molecule has 0 atom stereocenters. The van der Waals surface area contributed by atoms with Crippen molar-refractivity contribution in [2.75, 3.05) is 26.2 Å². The molecule has 3 aromatic rings. The summed E-state index contributed by atoms with van der Waals surface area (Å²) in [6.45, 7) is 8.35. The zero-order valence-corrected chi connectivity index (χ0v) is 21.0. The van der Waals surface area contributed by atoms with Gasteiger partial charge in [0.05, 0.1) is 23.2 Å². The van der Waals surface area contributed by atoms with Crippen LogP contribution in [0.1, 0.15) is 38.6 Å². The summed E-state index contributed by atoms with van der Waals surface area (Å²) in [5, 5.41) is 3.92. The van der Waals surface area contributed by atoms with Crippen molar-refractivity contribution >= 4 is 33.4 Å². The first-order valence-corrected chi connectivity index (χ1v) is 12.7. The third kappa shape index (κ3) is 6.87. The molecule has 0 saturated carbocycles. The number of esters is 1. The van der Waals surface area contributed by atoms with Gasteiger partial charge in [0, 0.05) is 6.54 Å². The van der Waals surface area contributed by atoms with Crippen LogP contribution in [-0.2, 0) is 20.7 Å². The zero-order chi connectivity index (χ0) is 24.1. The van der Waals surface area contributed by atoms with Crippen molar-refractivity contribution in [3.05, 3.63) is 53.5 Å². The second-order valence-electron chi connectivity index (χ2n) is 9.94. The molecule has 2 aromatic carbocycles. The Balaban J connectivity index is 1.23. The first-order valence-electron chi connectivity index (χ1n) is 11.9. The van der Waals surface area contributed by atoms with Crippen molar-refractivity contribution in [3.63, 3.8) is 0 Å². The van der Waals surface area contributed by atoms with Gasteiger partial charge >= 0.3 is 5.97 Å². The van der Waals surface area contributed by atoms with E-state index in [1.807, 2.05) is 45.0 Å². The molecule has 4 rings (SSSR count). The fourth-order valence-electron chi connectivity index (χ4n) is 4.22. The lowest BCUT2D eigenvalue weighted by atomic mass is 9.97. The largest absolute Gasteiger partial charge is 0.459 e. The maximum atomic E-state index is 12.5. The van der Waals surface area contributed by atoms with Crippen LogP contribution >= 0.6 is 11.3 Å². The molecule has 1 aliphatic rings. The van der Waals surface area contributed by atoms with E-state index in [2.05, 4.69) is 39.5 Å². The van der Waals surface area contributed by atoms with E-state index in [1.165, 1.54) is 5.56 Å². The topological polar surface area (TPSA) is 71.5 Å². The molecule has 0 spiro atoms. The van der Waals surface area contributed by atoms with Crippen molar-refractivity contribution in [2.45, 2.75) is 45.6 Å². The molecule has 0 aliphatic carbocycles. The van der Waals surface area contributed by atoms with Gasteiger partial charge in [-0.15, -0.1) is 11.3 Å². The highest BCUT2D eigenvalue weighted by atomic mass is 32.1. The number of fused-ring (bicyclic) bond motifs is 1. The first-order chi connectivity index (χ1) is 16.2. The summed E-state index contributed by atoms with van der Waals surface area (Å²) in [4.78, 5) is 31.4. The van der Waals surface area contributed by atoms with Crippen LogP contribution in [-0.4, -0.2) is 53.5 Å². The normalized spacial score (nSPS) is 15.4. The Bertz CT molecular complexity index is 1130. The number of nitrogens with zero attached hydrogens (tertiary/aromatic N) is 2. The highest BCUT2D eigenvalue weighted by Gasteiger charge is 2.24. The average Bonchev–Trinajstić information content (AvgIpc) is 3.19. The molecule has 2 heterocycles. The number of likely N-dealkylation sites (tertiary alicyclic amines) is 1. The average molecular weight is 480 g/mol. The maximum absolute atomic E-state index is 12.5. The summed E-state index contributed by atoms with van der Waals surface area (Å²) in [6, 6.07) is 16.5. The Morgan fingerprint density at radius 2 is 1.82 bits per heavy atom. The number of amides is 1. The summed E-state index contributed by atoms with van der Waals surface area (Å²) in [5.74, 6) is 0.270. The lowest BCUT2D eigenvalue weighted by Crippen LogP contribution is -2.42. The van der Waals surface area contributed by atoms with Crippen LogP contribution < -0.4 is 5.32 Å². The molecule has 0 unspecified atom stereocenters. The number of aromatic nitrogens is 1. The van der Waals surface area contributed by atoms with Crippen LogP contribution in [0, 0.1) is 5.92 Å². The molecule has 6 nitrogen and oxygen atoms in total. The minimum absolute atomic E-state index is 0.0125. The molecule has 1 aliphatic heterocycles. The molecule has 34 heavy (non-hydrogen) atoms. The molecule has 1 fully saturated rings. The van der Waals surface area contributed by atoms with E-state index in [9.17, 15) is 9.59 Å². The van der Waals surface area contributed by atoms with E-state index in [-0.39, 0.29) is 11.9 Å². The number of nitrogens with one attached hydrogen (secondary N) is 1. The Morgan fingerprint density at radius 3 is 2.53 bits per heavy atom. The van der Waals surface area contributed by atoms with Crippen molar-refractivity contribution in [1.29, 1.82) is 0 Å². The van der Waals surface area contributed by atoms with E-state index in [0.717, 1.165) is 46.7 Å². The second-order valence-corrected chi connectivity index (χ2v) is 11.1. The van der Waals surface area contributed by atoms with Gasteiger partial charge in [-0.2, -0.15) is 0 Å². The monoisotopic (exact) mass is 479 g/mol. The highest BCUT2D eigenvalue weighted by molar-refractivity contribution is 7.18. The van der Waals surface area contributed by atoms with Crippen molar-refractivity contribution < 1.29 is 14.3 Å². The van der Waals surface area contributed by atoms with Gasteiger partial charge in [0.15, 0.2) is 0 Å². The number of rotatable bonds is 7. The van der Waals surface area contributed by atoms with E-state index < -0.39 is 5.60 Å². The standard InChI is InChI=1S/C27H33N3O3S/c1-27(2,3)33-26(32)18-30-13-11-19(12-14-30)17-28-24(31)16-25-29-22-10-9-21(15-23(22)34-25)20-7-5-4-6-8-20/h4-10,15,19H,11-14,16-18H2,1-3H3,(H,28,31). The van der Waals surface area contributed by atoms with Crippen LogP contribution in [0.25, 0.3) is 21.3 Å². The molecule has 1 aromatic heterocycles. The van der Waals surface area contributed by atoms with Crippen LogP contribution in [0.5, 0.6) is 0 Å². The number of benzene rings is 2. The van der Waals surface area contributed by atoms with Crippen molar-refractivity contribution in [1.82, 2.24) is 15.2 Å². The minimum atomic E-state index is -0.451. The molecule has 0 radical (unpaired) electrons. The van der Waals surface area contributed by atoms with Crippen LogP contribution in [0.3, 0.4) is 0 Å². The van der Waals surface area contributed by atoms with Gasteiger partial charge < -0.3 is 10.1 Å². The van der Waals surface area contributed by atoms with Crippen LogP contribution in [0.15, 0.2) is 48.5 Å². The Kier molecular flexibility index (Phi) is 7.63. The zero-order valence-electron chi connectivity index (χ0n) is 20.2. The van der Waals surface area contributed by atoms with Gasteiger partial charge in [-0.05, 0) is 75.9 Å². The predicted octanol–water partition coefficient (Wildman–Crippen LogP) is 4.68. The Hall–Kier alpha value is -2.77. The number of carbonyl (C=O) groups excluding carboxylic acids is 2. The van der Waals surface area contributed by atoms with Crippen LogP contribution in [0.4, 0.5) is 0 Å². The molecule has 7 heteroatoms. The number of ether oxygens (including phenoxy) is 1. The van der Waals surface area contributed by atoms with Gasteiger partial charge in [0.2, 0.25) is 5.91 Å². The quantitative estimate of drug-likeness (QED) is 0.499. The third-order valence-electron chi connectivity index (χ3n) is 5.92. The first kappa shape index (κ1) is 24.4. The van der Waals surface area contributed by atoms with Crippen LogP contribution in [0.2, 0.25) is 0 Å². The SMILES string of the molecule is CC(C)(C)OC(=O)CN1CCC(CNC(=O)Cc2nc3ccc(-c4ccccc4)cc3s2)CC1. The van der Waals surface area contributed by atoms with Crippen molar-refractivity contribution in [3.8, 4) is 11.1 Å². The Labute approximate surface area is 205 Å². The second kappa shape index (κ2) is 10.7. The smallest absolute Gasteiger partial charge is 0.320 e. The predicted molar refractivity (Wildman–Crippen MR) is 137 cm³/mol. The molecule has 1 amide bonds. The number of hydrogen-bond acceptors (Lipinski definition) is 6. The molecule has 180 valence electrons. The summed E-state index contributed by atoms with van der Waals surface area (Å²) >= 11 is 1.58. The Morgan fingerprint density at radius 1 is 1.09 bits per heavy atom. The summed E-state index contributed by atoms with van der Waals surface area (Å²) in [5.41, 5.74) is 2.82. The van der Waals surface area contributed by atoms with Gasteiger partial charge in [0.25, 0.3) is 0 Å². The molecule has 1 N–H and O–H groups in total. The molecule has 0 bridgehead atoms. The van der Waals surface area contributed by atoms with E-state index in [1.54, 1.807) is 11.3 Å². The van der Waals surface area contributed by atoms with Gasteiger partial charge in [-0.3, -0.25) is 14.5 Å². The van der Waals surface area contributed by atoms with E-state index in [4.69, 9.17) is 4.74 Å². The summed E-state index contributed by atoms with van der Waals surface area (Å²) in [7, 11) is 0.